The van der Waals surface area contributed by atoms with Crippen molar-refractivity contribution in [1.82, 2.24) is 0 Å². The van der Waals surface area contributed by atoms with Crippen LogP contribution in [0.15, 0.2) is 48.5 Å². The molecule has 0 N–H and O–H groups in total. The topological polar surface area (TPSA) is 21.8 Å². The van der Waals surface area contributed by atoms with Crippen molar-refractivity contribution in [3.8, 4) is 16.9 Å². The van der Waals surface area contributed by atoms with Gasteiger partial charge in [0.25, 0.3) is 0 Å². The highest BCUT2D eigenvalue weighted by molar-refractivity contribution is 5.64. The van der Waals surface area contributed by atoms with Crippen LogP contribution < -0.4 is 4.74 Å². The Kier molecular flexibility index (Phi) is 3.73. The molecule has 0 aromatic heterocycles. The van der Waals surface area contributed by atoms with Gasteiger partial charge in [-0.05, 0) is 34.2 Å². The minimum absolute atomic E-state index is 0.196. The molecule has 0 aliphatic carbocycles. The average Bonchev–Trinajstić information content (AvgIpc) is 3.29. The van der Waals surface area contributed by atoms with Gasteiger partial charge in [-0.3, -0.25) is 0 Å². The largest absolute Gasteiger partial charge is 0.491 e. The molecule has 1 saturated heterocycles. The van der Waals surface area contributed by atoms with Crippen molar-refractivity contribution >= 4 is 0 Å². The lowest BCUT2D eigenvalue weighted by Gasteiger charge is -2.19. The summed E-state index contributed by atoms with van der Waals surface area (Å²) < 4.78 is 10.8. The molecule has 1 aliphatic rings. The molecule has 0 saturated carbocycles. The summed E-state index contributed by atoms with van der Waals surface area (Å²) in [4.78, 5) is 0. The second kappa shape index (κ2) is 5.53. The zero-order chi connectivity index (χ0) is 14.9. The van der Waals surface area contributed by atoms with Gasteiger partial charge in [0, 0.05) is 0 Å². The third-order valence-corrected chi connectivity index (χ3v) is 3.78. The van der Waals surface area contributed by atoms with Crippen molar-refractivity contribution < 1.29 is 9.47 Å². The van der Waals surface area contributed by atoms with E-state index in [-0.39, 0.29) is 5.41 Å². The van der Waals surface area contributed by atoms with Gasteiger partial charge in [-0.25, -0.2) is 0 Å². The fraction of sp³-hybridized carbons (Fsp3) is 0.368. The molecule has 0 radical (unpaired) electrons. The predicted molar refractivity (Wildman–Crippen MR) is 85.8 cm³/mol. The zero-order valence-electron chi connectivity index (χ0n) is 12.9. The lowest BCUT2D eigenvalue weighted by atomic mass is 9.86. The summed E-state index contributed by atoms with van der Waals surface area (Å²) in [7, 11) is 0. The first-order valence-electron chi connectivity index (χ1n) is 7.48. The summed E-state index contributed by atoms with van der Waals surface area (Å²) in [6.07, 6.45) is 0.301. The number of rotatable bonds is 4. The Bertz CT molecular complexity index is 587. The minimum Gasteiger partial charge on any atom is -0.491 e. The number of ether oxygens (including phenoxy) is 2. The Labute approximate surface area is 126 Å². The maximum absolute atomic E-state index is 5.66. The maximum atomic E-state index is 5.66. The van der Waals surface area contributed by atoms with Gasteiger partial charge in [0.05, 0.1) is 6.61 Å². The molecular weight excluding hydrogens is 260 g/mol. The van der Waals surface area contributed by atoms with Crippen LogP contribution >= 0.6 is 0 Å². The van der Waals surface area contributed by atoms with Crippen LogP contribution in [0.25, 0.3) is 11.1 Å². The van der Waals surface area contributed by atoms with Gasteiger partial charge in [-0.1, -0.05) is 57.2 Å². The molecule has 2 aromatic rings. The van der Waals surface area contributed by atoms with Gasteiger partial charge in [0.1, 0.15) is 18.5 Å². The minimum atomic E-state index is 0.196. The smallest absolute Gasteiger partial charge is 0.119 e. The first-order chi connectivity index (χ1) is 10.0. The quantitative estimate of drug-likeness (QED) is 0.774. The predicted octanol–water partition coefficient (Wildman–Crippen LogP) is 4.43. The van der Waals surface area contributed by atoms with E-state index in [1.165, 1.54) is 16.7 Å². The summed E-state index contributed by atoms with van der Waals surface area (Å²) in [6.45, 7) is 8.19. The van der Waals surface area contributed by atoms with Crippen LogP contribution in [0.1, 0.15) is 26.3 Å². The molecule has 1 atom stereocenters. The van der Waals surface area contributed by atoms with E-state index in [2.05, 4.69) is 57.2 Å². The molecule has 2 aromatic carbocycles. The molecule has 3 rings (SSSR count). The zero-order valence-corrected chi connectivity index (χ0v) is 12.9. The standard InChI is InChI=1S/C19H22O2/c1-19(2,3)16-8-4-14(5-9-16)15-6-10-17(11-7-15)20-12-18-13-21-18/h4-11,18H,12-13H2,1-3H3. The molecule has 1 aliphatic heterocycles. The Morgan fingerprint density at radius 2 is 1.48 bits per heavy atom. The van der Waals surface area contributed by atoms with Crippen molar-refractivity contribution in [2.75, 3.05) is 13.2 Å². The van der Waals surface area contributed by atoms with E-state index >= 15 is 0 Å². The Morgan fingerprint density at radius 3 is 1.95 bits per heavy atom. The molecule has 1 unspecified atom stereocenters. The third kappa shape index (κ3) is 3.64. The van der Waals surface area contributed by atoms with E-state index in [9.17, 15) is 0 Å². The lowest BCUT2D eigenvalue weighted by Crippen LogP contribution is -2.10. The summed E-state index contributed by atoms with van der Waals surface area (Å²) in [5, 5.41) is 0. The number of epoxide rings is 1. The van der Waals surface area contributed by atoms with Gasteiger partial charge in [0.15, 0.2) is 0 Å². The van der Waals surface area contributed by atoms with Crippen LogP contribution in [0.5, 0.6) is 5.75 Å². The van der Waals surface area contributed by atoms with E-state index in [4.69, 9.17) is 9.47 Å². The fourth-order valence-corrected chi connectivity index (χ4v) is 2.26. The highest BCUT2D eigenvalue weighted by atomic mass is 16.6. The Balaban J connectivity index is 1.70. The molecule has 0 amide bonds. The maximum Gasteiger partial charge on any atom is 0.119 e. The van der Waals surface area contributed by atoms with E-state index in [1.54, 1.807) is 0 Å². The molecule has 0 spiro atoms. The summed E-state index contributed by atoms with van der Waals surface area (Å²) in [6, 6.07) is 17.1. The molecule has 110 valence electrons. The van der Waals surface area contributed by atoms with E-state index in [0.29, 0.717) is 12.7 Å². The van der Waals surface area contributed by atoms with Gasteiger partial charge >= 0.3 is 0 Å². The van der Waals surface area contributed by atoms with Crippen LogP contribution in [0.4, 0.5) is 0 Å². The first-order valence-corrected chi connectivity index (χ1v) is 7.48. The summed E-state index contributed by atoms with van der Waals surface area (Å²) >= 11 is 0. The van der Waals surface area contributed by atoms with Crippen molar-refractivity contribution in [3.63, 3.8) is 0 Å². The van der Waals surface area contributed by atoms with Crippen molar-refractivity contribution in [1.29, 1.82) is 0 Å². The highest BCUT2D eigenvalue weighted by Gasteiger charge is 2.22. The molecule has 0 bridgehead atoms. The summed E-state index contributed by atoms with van der Waals surface area (Å²) in [5.74, 6) is 0.903. The van der Waals surface area contributed by atoms with Crippen LogP contribution in [0.3, 0.4) is 0 Å². The van der Waals surface area contributed by atoms with E-state index < -0.39 is 0 Å². The first kappa shape index (κ1) is 14.2. The molecule has 1 heterocycles. The van der Waals surface area contributed by atoms with Crippen molar-refractivity contribution in [2.45, 2.75) is 32.3 Å². The molecule has 2 nitrogen and oxygen atoms in total. The second-order valence-electron chi connectivity index (χ2n) is 6.62. The summed E-state index contributed by atoms with van der Waals surface area (Å²) in [5.41, 5.74) is 4.00. The monoisotopic (exact) mass is 282 g/mol. The third-order valence-electron chi connectivity index (χ3n) is 3.78. The fourth-order valence-electron chi connectivity index (χ4n) is 2.26. The van der Waals surface area contributed by atoms with Crippen molar-refractivity contribution in [3.05, 3.63) is 54.1 Å². The molecule has 2 heteroatoms. The van der Waals surface area contributed by atoms with E-state index in [0.717, 1.165) is 12.4 Å². The normalized spacial score (nSPS) is 17.6. The molecule has 1 fully saturated rings. The van der Waals surface area contributed by atoms with Gasteiger partial charge in [0.2, 0.25) is 0 Å². The van der Waals surface area contributed by atoms with Crippen LogP contribution in [0.2, 0.25) is 0 Å². The molecule has 21 heavy (non-hydrogen) atoms. The van der Waals surface area contributed by atoms with Crippen molar-refractivity contribution in [2.24, 2.45) is 0 Å². The van der Waals surface area contributed by atoms with Gasteiger partial charge in [-0.2, -0.15) is 0 Å². The Morgan fingerprint density at radius 1 is 0.952 bits per heavy atom. The number of benzene rings is 2. The highest BCUT2D eigenvalue weighted by Crippen LogP contribution is 2.27. The Hall–Kier alpha value is -1.80. The van der Waals surface area contributed by atoms with Crippen LogP contribution in [-0.4, -0.2) is 19.3 Å². The lowest BCUT2D eigenvalue weighted by molar-refractivity contribution is 0.263. The van der Waals surface area contributed by atoms with Gasteiger partial charge < -0.3 is 9.47 Å². The van der Waals surface area contributed by atoms with E-state index in [1.807, 2.05) is 12.1 Å². The second-order valence-corrected chi connectivity index (χ2v) is 6.62. The molecular formula is C19H22O2. The average molecular weight is 282 g/mol. The number of hydrogen-bond acceptors (Lipinski definition) is 2. The van der Waals surface area contributed by atoms with Crippen LogP contribution in [0, 0.1) is 0 Å². The SMILES string of the molecule is CC(C)(C)c1ccc(-c2ccc(OCC3CO3)cc2)cc1. The number of hydrogen-bond donors (Lipinski definition) is 0. The van der Waals surface area contributed by atoms with Crippen LogP contribution in [-0.2, 0) is 10.2 Å². The van der Waals surface area contributed by atoms with Gasteiger partial charge in [-0.15, -0.1) is 0 Å².